The van der Waals surface area contributed by atoms with Crippen LogP contribution in [0.3, 0.4) is 0 Å². The minimum atomic E-state index is -1.21. The Kier molecular flexibility index (Phi) is 6.00. The minimum absolute atomic E-state index is 0.164. The number of carboxylic acids is 1. The van der Waals surface area contributed by atoms with E-state index in [1.807, 2.05) is 22.8 Å². The van der Waals surface area contributed by atoms with Gasteiger partial charge in [0, 0.05) is 51.1 Å². The molecular weight excluding hydrogens is 490 g/mol. The molecule has 2 aliphatic rings. The van der Waals surface area contributed by atoms with Crippen molar-refractivity contribution in [1.29, 1.82) is 0 Å². The van der Waals surface area contributed by atoms with Gasteiger partial charge >= 0.3 is 5.97 Å². The first-order valence-electron chi connectivity index (χ1n) is 12.3. The van der Waals surface area contributed by atoms with Crippen molar-refractivity contribution < 1.29 is 19.5 Å². The summed E-state index contributed by atoms with van der Waals surface area (Å²) in [7, 11) is 1.60. The van der Waals surface area contributed by atoms with Gasteiger partial charge in [0.25, 0.3) is 0 Å². The first-order chi connectivity index (χ1) is 18.0. The minimum Gasteiger partial charge on any atom is -0.494 e. The number of benzene rings is 1. The lowest BCUT2D eigenvalue weighted by atomic mass is 9.96. The molecule has 1 aromatic carbocycles. The lowest BCUT2D eigenvalue weighted by Crippen LogP contribution is -2.19. The van der Waals surface area contributed by atoms with Crippen molar-refractivity contribution in [3.05, 3.63) is 80.7 Å². The van der Waals surface area contributed by atoms with Crippen molar-refractivity contribution in [1.82, 2.24) is 9.55 Å². The second kappa shape index (κ2) is 9.48. The number of aromatic nitrogens is 2. The second-order valence-electron chi connectivity index (χ2n) is 9.33. The molecule has 4 aromatic rings. The van der Waals surface area contributed by atoms with Crippen LogP contribution in [0.25, 0.3) is 21.3 Å². The highest BCUT2D eigenvalue weighted by molar-refractivity contribution is 7.16. The zero-order valence-corrected chi connectivity index (χ0v) is 21.1. The van der Waals surface area contributed by atoms with Crippen molar-refractivity contribution in [2.75, 3.05) is 7.11 Å². The fraction of sp³-hybridized carbons (Fsp3) is 0.286. The number of rotatable bonds is 7. The van der Waals surface area contributed by atoms with E-state index in [-0.39, 0.29) is 11.6 Å². The molecule has 0 bridgehead atoms. The molecule has 3 aromatic heterocycles. The number of thiophene rings is 1. The third-order valence-electron chi connectivity index (χ3n) is 6.85. The highest BCUT2D eigenvalue weighted by Crippen LogP contribution is 2.45. The van der Waals surface area contributed by atoms with Gasteiger partial charge in [-0.15, -0.1) is 11.3 Å². The number of ether oxygens (including phenoxy) is 1. The number of aryl methyl sites for hydroxylation is 1. The maximum absolute atomic E-state index is 13.0. The molecular formula is C28H25N3O5S. The standard InChI is InChI=1S/C28H25N3O5S/c1-35-27-18(9-10-19-25(27)31(17-7-8-17)14-21(26(19)32)28(33)34)24-12-20-22(5-2-6-23(20)37-24)30-36-15-16-4-3-11-29-13-16/h3-4,9-14,17H,2,5-8,15H2,1H3,(H,33,34)/b30-22+. The molecule has 9 heteroatoms. The van der Waals surface area contributed by atoms with Crippen LogP contribution in [0, 0.1) is 0 Å². The van der Waals surface area contributed by atoms with E-state index >= 15 is 0 Å². The first kappa shape index (κ1) is 23.4. The molecule has 3 heterocycles. The summed E-state index contributed by atoms with van der Waals surface area (Å²) in [4.78, 5) is 36.8. The van der Waals surface area contributed by atoms with E-state index in [2.05, 4.69) is 16.2 Å². The normalized spacial score (nSPS) is 16.1. The average molecular weight is 516 g/mol. The van der Waals surface area contributed by atoms with Crippen molar-refractivity contribution in [3.8, 4) is 16.2 Å². The van der Waals surface area contributed by atoms with E-state index in [1.165, 1.54) is 11.1 Å². The number of fused-ring (bicyclic) bond motifs is 2. The Balaban J connectivity index is 1.42. The molecule has 8 nitrogen and oxygen atoms in total. The van der Waals surface area contributed by atoms with Gasteiger partial charge in [-0.2, -0.15) is 0 Å². The summed E-state index contributed by atoms with van der Waals surface area (Å²) in [5, 5.41) is 14.4. The molecule has 188 valence electrons. The van der Waals surface area contributed by atoms with E-state index < -0.39 is 11.4 Å². The summed E-state index contributed by atoms with van der Waals surface area (Å²) in [5.41, 5.74) is 3.79. The second-order valence-corrected chi connectivity index (χ2v) is 10.5. The number of carboxylic acid groups (broad SMARTS) is 1. The summed E-state index contributed by atoms with van der Waals surface area (Å²) in [6.07, 6.45) is 9.65. The van der Waals surface area contributed by atoms with Crippen LogP contribution in [0.5, 0.6) is 5.75 Å². The number of aromatic carboxylic acids is 1. The highest BCUT2D eigenvalue weighted by atomic mass is 32.1. The quantitative estimate of drug-likeness (QED) is 0.330. The topological polar surface area (TPSA) is 103 Å². The van der Waals surface area contributed by atoms with Crippen LogP contribution in [-0.2, 0) is 17.9 Å². The van der Waals surface area contributed by atoms with Gasteiger partial charge in [-0.25, -0.2) is 4.79 Å². The van der Waals surface area contributed by atoms with Crippen molar-refractivity contribution >= 4 is 33.9 Å². The molecule has 1 fully saturated rings. The number of methoxy groups -OCH3 is 1. The monoisotopic (exact) mass is 515 g/mol. The number of hydrogen-bond donors (Lipinski definition) is 1. The van der Waals surface area contributed by atoms with E-state index in [0.717, 1.165) is 59.4 Å². The Morgan fingerprint density at radius 2 is 2.11 bits per heavy atom. The zero-order valence-electron chi connectivity index (χ0n) is 20.3. The maximum Gasteiger partial charge on any atom is 0.341 e. The van der Waals surface area contributed by atoms with E-state index in [1.54, 1.807) is 36.9 Å². The summed E-state index contributed by atoms with van der Waals surface area (Å²) < 4.78 is 7.81. The third kappa shape index (κ3) is 4.29. The van der Waals surface area contributed by atoms with Gasteiger partial charge in [-0.1, -0.05) is 11.2 Å². The molecule has 0 unspecified atom stereocenters. The molecule has 0 radical (unpaired) electrons. The van der Waals surface area contributed by atoms with Crippen LogP contribution < -0.4 is 10.2 Å². The average Bonchev–Trinajstić information content (AvgIpc) is 3.66. The van der Waals surface area contributed by atoms with Crippen molar-refractivity contribution in [3.63, 3.8) is 0 Å². The van der Waals surface area contributed by atoms with Crippen LogP contribution in [0.1, 0.15) is 58.1 Å². The van der Waals surface area contributed by atoms with Crippen LogP contribution in [0.15, 0.2) is 58.9 Å². The first-order valence-corrected chi connectivity index (χ1v) is 13.1. The Hall–Kier alpha value is -3.98. The summed E-state index contributed by atoms with van der Waals surface area (Å²) >= 11 is 1.69. The van der Waals surface area contributed by atoms with E-state index in [9.17, 15) is 14.7 Å². The predicted molar refractivity (Wildman–Crippen MR) is 142 cm³/mol. The third-order valence-corrected chi connectivity index (χ3v) is 8.08. The van der Waals surface area contributed by atoms with Gasteiger partial charge in [-0.05, 0) is 56.4 Å². The Morgan fingerprint density at radius 1 is 1.24 bits per heavy atom. The molecule has 1 saturated carbocycles. The lowest BCUT2D eigenvalue weighted by Gasteiger charge is -2.17. The van der Waals surface area contributed by atoms with Gasteiger partial charge in [-0.3, -0.25) is 9.78 Å². The molecule has 2 aliphatic carbocycles. The Bertz CT molecular complexity index is 1600. The number of pyridine rings is 2. The van der Waals surface area contributed by atoms with Gasteiger partial charge in [0.1, 0.15) is 12.2 Å². The van der Waals surface area contributed by atoms with Crippen molar-refractivity contribution in [2.45, 2.75) is 44.8 Å². The van der Waals surface area contributed by atoms with Gasteiger partial charge < -0.3 is 19.2 Å². The number of oxime groups is 1. The van der Waals surface area contributed by atoms with Crippen LogP contribution in [0.2, 0.25) is 0 Å². The molecule has 0 aliphatic heterocycles. The van der Waals surface area contributed by atoms with Crippen LogP contribution in [-0.4, -0.2) is 33.4 Å². The predicted octanol–water partition coefficient (Wildman–Crippen LogP) is 5.42. The van der Waals surface area contributed by atoms with Crippen LogP contribution in [0.4, 0.5) is 0 Å². The van der Waals surface area contributed by atoms with Gasteiger partial charge in [0.15, 0.2) is 5.75 Å². The summed E-state index contributed by atoms with van der Waals surface area (Å²) in [5.74, 6) is -0.629. The molecule has 0 atom stereocenters. The Labute approximate surface area is 216 Å². The number of carbonyl (C=O) groups is 1. The molecule has 0 saturated heterocycles. The zero-order chi connectivity index (χ0) is 25.5. The molecule has 6 rings (SSSR count). The van der Waals surface area contributed by atoms with Crippen molar-refractivity contribution in [2.24, 2.45) is 5.16 Å². The van der Waals surface area contributed by atoms with E-state index in [0.29, 0.717) is 23.3 Å². The lowest BCUT2D eigenvalue weighted by molar-refractivity contribution is 0.0695. The fourth-order valence-corrected chi connectivity index (χ4v) is 6.16. The number of hydrogen-bond acceptors (Lipinski definition) is 7. The largest absolute Gasteiger partial charge is 0.494 e. The number of nitrogens with zero attached hydrogens (tertiary/aromatic N) is 3. The SMILES string of the molecule is COc1c(-c2cc3c(s2)CCC/C3=N\OCc2cccnc2)ccc2c(=O)c(C(=O)O)cn(C3CC3)c12. The maximum atomic E-state index is 13.0. The van der Waals surface area contributed by atoms with Crippen LogP contribution >= 0.6 is 11.3 Å². The molecule has 0 amide bonds. The smallest absolute Gasteiger partial charge is 0.341 e. The van der Waals surface area contributed by atoms with Gasteiger partial charge in [0.2, 0.25) is 5.43 Å². The highest BCUT2D eigenvalue weighted by Gasteiger charge is 2.30. The fourth-order valence-electron chi connectivity index (χ4n) is 4.92. The molecule has 37 heavy (non-hydrogen) atoms. The Morgan fingerprint density at radius 3 is 2.84 bits per heavy atom. The summed E-state index contributed by atoms with van der Waals surface area (Å²) in [6.45, 7) is 0.360. The van der Waals surface area contributed by atoms with E-state index in [4.69, 9.17) is 9.57 Å². The summed E-state index contributed by atoms with van der Waals surface area (Å²) in [6, 6.07) is 9.70. The molecule has 1 N–H and O–H groups in total. The molecule has 0 spiro atoms. The van der Waals surface area contributed by atoms with Gasteiger partial charge in [0.05, 0.1) is 23.7 Å².